The number of hydrazone groups is 1. The molecule has 1 aromatic heterocycles. The van der Waals surface area contributed by atoms with Gasteiger partial charge in [-0.15, -0.1) is 11.3 Å². The molecule has 5 heteroatoms. The van der Waals surface area contributed by atoms with Crippen LogP contribution in [0.3, 0.4) is 0 Å². The molecule has 1 heterocycles. The Morgan fingerprint density at radius 3 is 2.76 bits per heavy atom. The average Bonchev–Trinajstić information content (AvgIpc) is 3.14. The van der Waals surface area contributed by atoms with Crippen molar-refractivity contribution in [3.63, 3.8) is 0 Å². The number of hydrogen-bond acceptors (Lipinski definition) is 4. The van der Waals surface area contributed by atoms with Crippen LogP contribution in [0.5, 0.6) is 5.75 Å². The maximum absolute atomic E-state index is 11.8. The van der Waals surface area contributed by atoms with Crippen LogP contribution >= 0.6 is 11.3 Å². The molecule has 0 unspecified atom stereocenters. The molecule has 0 aliphatic carbocycles. The fraction of sp³-hybridized carbons (Fsp3) is 0.100. The Kier molecular flexibility index (Phi) is 5.96. The summed E-state index contributed by atoms with van der Waals surface area (Å²) in [4.78, 5) is 12.8. The fourth-order valence-electron chi connectivity index (χ4n) is 2.22. The second kappa shape index (κ2) is 8.80. The molecule has 1 amide bonds. The molecule has 2 aromatic carbocycles. The van der Waals surface area contributed by atoms with Crippen LogP contribution in [0.25, 0.3) is 0 Å². The molecule has 0 atom stereocenters. The molecule has 0 saturated carbocycles. The van der Waals surface area contributed by atoms with Gasteiger partial charge in [0.2, 0.25) is 5.91 Å². The van der Waals surface area contributed by atoms with Crippen molar-refractivity contribution in [1.29, 1.82) is 0 Å². The lowest BCUT2D eigenvalue weighted by Gasteiger charge is -2.06. The Balaban J connectivity index is 1.51. The van der Waals surface area contributed by atoms with E-state index < -0.39 is 0 Å². The van der Waals surface area contributed by atoms with Crippen LogP contribution in [0.15, 0.2) is 77.2 Å². The second-order valence-corrected chi connectivity index (χ2v) is 6.43. The zero-order valence-corrected chi connectivity index (χ0v) is 14.4. The quantitative estimate of drug-likeness (QED) is 0.517. The van der Waals surface area contributed by atoms with E-state index in [2.05, 4.69) is 10.5 Å². The number of carbonyl (C=O) groups is 1. The molecule has 0 saturated heterocycles. The smallest absolute Gasteiger partial charge is 0.245 e. The SMILES string of the molecule is O=C(Cc1cccs1)NN=Cc1cccc(OCc2ccccc2)c1. The summed E-state index contributed by atoms with van der Waals surface area (Å²) in [5, 5.41) is 5.96. The highest BCUT2D eigenvalue weighted by Crippen LogP contribution is 2.14. The molecule has 0 spiro atoms. The van der Waals surface area contributed by atoms with Crippen LogP contribution < -0.4 is 10.2 Å². The molecule has 0 aliphatic heterocycles. The molecule has 0 aliphatic rings. The van der Waals surface area contributed by atoms with Crippen LogP contribution in [0, 0.1) is 0 Å². The normalized spacial score (nSPS) is 10.7. The molecule has 25 heavy (non-hydrogen) atoms. The molecule has 3 rings (SSSR count). The summed E-state index contributed by atoms with van der Waals surface area (Å²) in [6, 6.07) is 21.4. The number of benzene rings is 2. The van der Waals surface area contributed by atoms with Gasteiger partial charge in [-0.3, -0.25) is 4.79 Å². The first-order chi connectivity index (χ1) is 12.3. The molecule has 0 radical (unpaired) electrons. The van der Waals surface area contributed by atoms with Crippen LogP contribution in [-0.2, 0) is 17.8 Å². The summed E-state index contributed by atoms with van der Waals surface area (Å²) in [7, 11) is 0. The van der Waals surface area contributed by atoms with Crippen molar-refractivity contribution >= 4 is 23.5 Å². The Morgan fingerprint density at radius 1 is 1.08 bits per heavy atom. The summed E-state index contributed by atoms with van der Waals surface area (Å²) in [6.07, 6.45) is 1.96. The van der Waals surface area contributed by atoms with Gasteiger partial charge in [0.15, 0.2) is 0 Å². The molecular formula is C20H18N2O2S. The van der Waals surface area contributed by atoms with Gasteiger partial charge >= 0.3 is 0 Å². The Hall–Kier alpha value is -2.92. The summed E-state index contributed by atoms with van der Waals surface area (Å²) in [5.74, 6) is 0.632. The summed E-state index contributed by atoms with van der Waals surface area (Å²) in [6.45, 7) is 0.513. The first-order valence-electron chi connectivity index (χ1n) is 7.91. The van der Waals surface area contributed by atoms with Crippen molar-refractivity contribution in [2.75, 3.05) is 0 Å². The van der Waals surface area contributed by atoms with Crippen molar-refractivity contribution in [3.8, 4) is 5.75 Å². The molecule has 126 valence electrons. The zero-order chi connectivity index (χ0) is 17.3. The van der Waals surface area contributed by atoms with Crippen molar-refractivity contribution in [2.45, 2.75) is 13.0 Å². The Bertz CT molecular complexity index is 830. The van der Waals surface area contributed by atoms with Gasteiger partial charge in [0.05, 0.1) is 12.6 Å². The Morgan fingerprint density at radius 2 is 1.96 bits per heavy atom. The summed E-state index contributed by atoms with van der Waals surface area (Å²) in [5.41, 5.74) is 4.52. The standard InChI is InChI=1S/C20H18N2O2S/c23-20(13-19-10-5-11-25-19)22-21-14-17-8-4-9-18(12-17)24-15-16-6-2-1-3-7-16/h1-12,14H,13,15H2,(H,22,23). The molecule has 0 fully saturated rings. The van der Waals surface area contributed by atoms with E-state index in [-0.39, 0.29) is 5.91 Å². The number of amides is 1. The molecule has 1 N–H and O–H groups in total. The third-order valence-corrected chi connectivity index (χ3v) is 4.30. The van der Waals surface area contributed by atoms with Gasteiger partial charge in [-0.05, 0) is 34.7 Å². The van der Waals surface area contributed by atoms with Gasteiger partial charge < -0.3 is 4.74 Å². The second-order valence-electron chi connectivity index (χ2n) is 5.40. The van der Waals surface area contributed by atoms with Crippen LogP contribution in [0.2, 0.25) is 0 Å². The van der Waals surface area contributed by atoms with Gasteiger partial charge in [0.25, 0.3) is 0 Å². The lowest BCUT2D eigenvalue weighted by atomic mass is 10.2. The largest absolute Gasteiger partial charge is 0.489 e. The van der Waals surface area contributed by atoms with E-state index in [1.165, 1.54) is 0 Å². The van der Waals surface area contributed by atoms with Gasteiger partial charge in [0.1, 0.15) is 12.4 Å². The van der Waals surface area contributed by atoms with E-state index in [0.29, 0.717) is 13.0 Å². The lowest BCUT2D eigenvalue weighted by molar-refractivity contribution is -0.120. The predicted octanol–water partition coefficient (Wildman–Crippen LogP) is 4.02. The highest BCUT2D eigenvalue weighted by molar-refractivity contribution is 7.10. The van der Waals surface area contributed by atoms with Crippen LogP contribution in [0.1, 0.15) is 16.0 Å². The topological polar surface area (TPSA) is 50.7 Å². The highest BCUT2D eigenvalue weighted by atomic mass is 32.1. The number of ether oxygens (including phenoxy) is 1. The minimum atomic E-state index is -0.129. The van der Waals surface area contributed by atoms with E-state index in [4.69, 9.17) is 4.74 Å². The fourth-order valence-corrected chi connectivity index (χ4v) is 2.92. The minimum absolute atomic E-state index is 0.129. The number of carbonyl (C=O) groups excluding carboxylic acids is 1. The van der Waals surface area contributed by atoms with Crippen molar-refractivity contribution in [2.24, 2.45) is 5.10 Å². The molecule has 4 nitrogen and oxygen atoms in total. The first kappa shape index (κ1) is 16.9. The lowest BCUT2D eigenvalue weighted by Crippen LogP contribution is -2.19. The first-order valence-corrected chi connectivity index (χ1v) is 8.78. The van der Waals surface area contributed by atoms with Gasteiger partial charge in [-0.25, -0.2) is 5.43 Å². The van der Waals surface area contributed by atoms with Gasteiger partial charge in [-0.2, -0.15) is 5.10 Å². The van der Waals surface area contributed by atoms with Crippen molar-refractivity contribution < 1.29 is 9.53 Å². The van der Waals surface area contributed by atoms with E-state index in [0.717, 1.165) is 21.8 Å². The molecule has 0 bridgehead atoms. The maximum atomic E-state index is 11.8. The molecular weight excluding hydrogens is 332 g/mol. The highest BCUT2D eigenvalue weighted by Gasteiger charge is 2.02. The van der Waals surface area contributed by atoms with E-state index in [1.807, 2.05) is 72.1 Å². The monoisotopic (exact) mass is 350 g/mol. The zero-order valence-electron chi connectivity index (χ0n) is 13.6. The third-order valence-electron chi connectivity index (χ3n) is 3.42. The van der Waals surface area contributed by atoms with Crippen LogP contribution in [0.4, 0.5) is 0 Å². The number of rotatable bonds is 7. The predicted molar refractivity (Wildman–Crippen MR) is 101 cm³/mol. The van der Waals surface area contributed by atoms with Gasteiger partial charge in [-0.1, -0.05) is 48.5 Å². The van der Waals surface area contributed by atoms with Crippen molar-refractivity contribution in [3.05, 3.63) is 88.1 Å². The van der Waals surface area contributed by atoms with Crippen molar-refractivity contribution in [1.82, 2.24) is 5.43 Å². The van der Waals surface area contributed by atoms with E-state index in [1.54, 1.807) is 17.6 Å². The summed E-state index contributed by atoms with van der Waals surface area (Å²) >= 11 is 1.56. The number of nitrogens with one attached hydrogen (secondary N) is 1. The third kappa shape index (κ3) is 5.58. The van der Waals surface area contributed by atoms with Gasteiger partial charge in [0, 0.05) is 4.88 Å². The molecule has 3 aromatic rings. The number of nitrogens with zero attached hydrogens (tertiary/aromatic N) is 1. The van der Waals surface area contributed by atoms with E-state index >= 15 is 0 Å². The maximum Gasteiger partial charge on any atom is 0.245 e. The van der Waals surface area contributed by atoms with E-state index in [9.17, 15) is 4.79 Å². The van der Waals surface area contributed by atoms with Crippen LogP contribution in [-0.4, -0.2) is 12.1 Å². The number of hydrogen-bond donors (Lipinski definition) is 1. The number of thiophene rings is 1. The average molecular weight is 350 g/mol. The summed E-state index contributed by atoms with van der Waals surface area (Å²) < 4.78 is 5.78. The minimum Gasteiger partial charge on any atom is -0.489 e. The Labute approximate surface area is 150 Å².